The van der Waals surface area contributed by atoms with Crippen LogP contribution in [0.2, 0.25) is 0 Å². The Hall–Kier alpha value is -2.88. The van der Waals surface area contributed by atoms with Crippen LogP contribution in [-0.2, 0) is 4.74 Å². The SMILES string of the molecule is CC[C@@]1(CNO)O[C@@H](c2ccc3c(NC(=O)c4ccccc4)ncnn23)[C@H](F)[C@@H]1C. The second kappa shape index (κ2) is 8.10. The number of halogens is 1. The van der Waals surface area contributed by atoms with Crippen LogP contribution in [0.5, 0.6) is 0 Å². The molecule has 1 fully saturated rings. The highest BCUT2D eigenvalue weighted by atomic mass is 19.1. The predicted molar refractivity (Wildman–Crippen MR) is 108 cm³/mol. The number of ether oxygens (including phenoxy) is 1. The van der Waals surface area contributed by atoms with Crippen LogP contribution in [0.1, 0.15) is 42.4 Å². The van der Waals surface area contributed by atoms with Crippen molar-refractivity contribution in [1.29, 1.82) is 0 Å². The van der Waals surface area contributed by atoms with E-state index >= 15 is 4.39 Å². The average Bonchev–Trinajstić information content (AvgIpc) is 3.30. The Bertz CT molecular complexity index is 1040. The standard InChI is InChI=1S/C21H24FN5O3/c1-3-21(11-25-29)13(2)17(22)18(30-21)15-9-10-16-19(23-12-24-27(15)16)26-20(28)14-7-5-4-6-8-14/h4-10,12-13,17-18,25,29H,3,11H2,1-2H3,(H,23,24,26,28)/t13-,17+,18-,21-/m0/s1. The lowest BCUT2D eigenvalue weighted by atomic mass is 9.84. The van der Waals surface area contributed by atoms with Gasteiger partial charge in [-0.1, -0.05) is 32.0 Å². The summed E-state index contributed by atoms with van der Waals surface area (Å²) in [5.41, 5.74) is 2.86. The first-order valence-corrected chi connectivity index (χ1v) is 9.88. The molecule has 4 atom stereocenters. The maximum atomic E-state index is 15.2. The Balaban J connectivity index is 1.66. The first kappa shape index (κ1) is 20.4. The number of carbonyl (C=O) groups is 1. The summed E-state index contributed by atoms with van der Waals surface area (Å²) < 4.78 is 22.9. The first-order chi connectivity index (χ1) is 14.5. The summed E-state index contributed by atoms with van der Waals surface area (Å²) in [7, 11) is 0. The van der Waals surface area contributed by atoms with Gasteiger partial charge in [0.15, 0.2) is 5.82 Å². The Labute approximate surface area is 173 Å². The molecule has 3 N–H and O–H groups in total. The van der Waals surface area contributed by atoms with E-state index in [2.05, 4.69) is 20.9 Å². The third-order valence-electron chi connectivity index (χ3n) is 5.98. The van der Waals surface area contributed by atoms with Gasteiger partial charge in [-0.3, -0.25) is 4.79 Å². The topological polar surface area (TPSA) is 101 Å². The van der Waals surface area contributed by atoms with E-state index in [0.717, 1.165) is 0 Å². The molecule has 0 aliphatic carbocycles. The average molecular weight is 413 g/mol. The number of carbonyl (C=O) groups excluding carboxylic acids is 1. The second-order valence-corrected chi connectivity index (χ2v) is 7.51. The van der Waals surface area contributed by atoms with Gasteiger partial charge in [-0.25, -0.2) is 19.4 Å². The molecule has 158 valence electrons. The number of nitrogens with zero attached hydrogens (tertiary/aromatic N) is 3. The third-order valence-corrected chi connectivity index (χ3v) is 5.98. The van der Waals surface area contributed by atoms with Gasteiger partial charge in [0.25, 0.3) is 5.91 Å². The number of fused-ring (bicyclic) bond motifs is 1. The van der Waals surface area contributed by atoms with E-state index in [1.807, 2.05) is 13.0 Å². The minimum absolute atomic E-state index is 0.123. The molecule has 0 unspecified atom stereocenters. The molecular weight excluding hydrogens is 389 g/mol. The van der Waals surface area contributed by atoms with Crippen molar-refractivity contribution in [3.05, 3.63) is 60.0 Å². The van der Waals surface area contributed by atoms with Crippen LogP contribution in [-0.4, -0.2) is 44.0 Å². The highest BCUT2D eigenvalue weighted by Gasteiger charge is 2.53. The van der Waals surface area contributed by atoms with Crippen LogP contribution in [0.25, 0.3) is 5.52 Å². The van der Waals surface area contributed by atoms with Crippen molar-refractivity contribution in [2.24, 2.45) is 5.92 Å². The van der Waals surface area contributed by atoms with Gasteiger partial charge in [-0.15, -0.1) is 0 Å². The zero-order chi connectivity index (χ0) is 21.3. The normalized spacial score (nSPS) is 26.2. The van der Waals surface area contributed by atoms with E-state index in [1.54, 1.807) is 43.3 Å². The van der Waals surface area contributed by atoms with Gasteiger partial charge in [0.2, 0.25) is 0 Å². The number of alkyl halides is 1. The van der Waals surface area contributed by atoms with E-state index in [-0.39, 0.29) is 12.5 Å². The summed E-state index contributed by atoms with van der Waals surface area (Å²) in [5.74, 6) is -0.408. The quantitative estimate of drug-likeness (QED) is 0.537. The fraction of sp³-hybridized carbons (Fsp3) is 0.381. The van der Waals surface area contributed by atoms with E-state index in [0.29, 0.717) is 29.0 Å². The highest BCUT2D eigenvalue weighted by molar-refractivity contribution is 6.05. The molecule has 3 aromatic rings. The maximum Gasteiger partial charge on any atom is 0.256 e. The van der Waals surface area contributed by atoms with Gasteiger partial charge in [0.1, 0.15) is 24.1 Å². The van der Waals surface area contributed by atoms with E-state index in [9.17, 15) is 10.0 Å². The molecule has 0 radical (unpaired) electrons. The molecule has 1 amide bonds. The van der Waals surface area contributed by atoms with Crippen LogP contribution in [0.3, 0.4) is 0 Å². The molecule has 1 aliphatic rings. The molecule has 1 aliphatic heterocycles. The van der Waals surface area contributed by atoms with Crippen LogP contribution in [0, 0.1) is 5.92 Å². The lowest BCUT2D eigenvalue weighted by Crippen LogP contribution is -2.44. The largest absolute Gasteiger partial charge is 0.361 e. The van der Waals surface area contributed by atoms with Crippen molar-refractivity contribution < 1.29 is 19.1 Å². The highest BCUT2D eigenvalue weighted by Crippen LogP contribution is 2.47. The zero-order valence-corrected chi connectivity index (χ0v) is 16.7. The number of benzene rings is 1. The third kappa shape index (κ3) is 3.34. The van der Waals surface area contributed by atoms with Gasteiger partial charge in [-0.05, 0) is 30.7 Å². The summed E-state index contributed by atoms with van der Waals surface area (Å²) in [6, 6.07) is 12.3. The fourth-order valence-corrected chi connectivity index (χ4v) is 4.10. The monoisotopic (exact) mass is 413 g/mol. The first-order valence-electron chi connectivity index (χ1n) is 9.88. The van der Waals surface area contributed by atoms with E-state index in [4.69, 9.17) is 4.74 Å². The fourth-order valence-electron chi connectivity index (χ4n) is 4.10. The Morgan fingerprint density at radius 3 is 2.77 bits per heavy atom. The molecule has 0 bridgehead atoms. The number of hydrogen-bond acceptors (Lipinski definition) is 6. The number of hydroxylamine groups is 1. The van der Waals surface area contributed by atoms with Crippen molar-refractivity contribution >= 4 is 17.2 Å². The molecule has 8 nitrogen and oxygen atoms in total. The number of nitrogens with one attached hydrogen (secondary N) is 2. The second-order valence-electron chi connectivity index (χ2n) is 7.51. The lowest BCUT2D eigenvalue weighted by molar-refractivity contribution is -0.0786. The van der Waals surface area contributed by atoms with Crippen molar-refractivity contribution in [1.82, 2.24) is 20.1 Å². The molecule has 3 heterocycles. The molecule has 0 spiro atoms. The number of anilines is 1. The zero-order valence-electron chi connectivity index (χ0n) is 16.7. The van der Waals surface area contributed by atoms with Crippen molar-refractivity contribution in [3.8, 4) is 0 Å². The molecule has 9 heteroatoms. The lowest BCUT2D eigenvalue weighted by Gasteiger charge is -2.31. The number of rotatable bonds is 6. The smallest absolute Gasteiger partial charge is 0.256 e. The minimum Gasteiger partial charge on any atom is -0.361 e. The predicted octanol–water partition coefficient (Wildman–Crippen LogP) is 3.15. The number of aromatic nitrogens is 3. The Morgan fingerprint density at radius 2 is 2.07 bits per heavy atom. The summed E-state index contributed by atoms with van der Waals surface area (Å²) in [5, 5.41) is 16.2. The minimum atomic E-state index is -1.28. The molecular formula is C21H24FN5O3. The van der Waals surface area contributed by atoms with Crippen molar-refractivity contribution in [2.75, 3.05) is 11.9 Å². The summed E-state index contributed by atoms with van der Waals surface area (Å²) >= 11 is 0. The van der Waals surface area contributed by atoms with Crippen molar-refractivity contribution in [3.63, 3.8) is 0 Å². The summed E-state index contributed by atoms with van der Waals surface area (Å²) in [6.07, 6.45) is -0.294. The van der Waals surface area contributed by atoms with Crippen LogP contribution < -0.4 is 10.8 Å². The van der Waals surface area contributed by atoms with Gasteiger partial charge >= 0.3 is 0 Å². The summed E-state index contributed by atoms with van der Waals surface area (Å²) in [4.78, 5) is 16.7. The van der Waals surface area contributed by atoms with Gasteiger partial charge < -0.3 is 15.3 Å². The number of amides is 1. The molecule has 2 aromatic heterocycles. The molecule has 30 heavy (non-hydrogen) atoms. The van der Waals surface area contributed by atoms with Crippen LogP contribution in [0.15, 0.2) is 48.8 Å². The molecule has 4 rings (SSSR count). The van der Waals surface area contributed by atoms with Crippen LogP contribution in [0.4, 0.5) is 10.2 Å². The molecule has 0 saturated carbocycles. The maximum absolute atomic E-state index is 15.2. The van der Waals surface area contributed by atoms with Crippen molar-refractivity contribution in [2.45, 2.75) is 38.1 Å². The summed E-state index contributed by atoms with van der Waals surface area (Å²) in [6.45, 7) is 3.80. The Morgan fingerprint density at radius 1 is 1.30 bits per heavy atom. The Kier molecular flexibility index (Phi) is 5.50. The van der Waals surface area contributed by atoms with Gasteiger partial charge in [0, 0.05) is 11.5 Å². The van der Waals surface area contributed by atoms with Gasteiger partial charge in [-0.2, -0.15) is 5.10 Å². The van der Waals surface area contributed by atoms with E-state index in [1.165, 1.54) is 10.8 Å². The van der Waals surface area contributed by atoms with Gasteiger partial charge in [0.05, 0.1) is 17.8 Å². The van der Waals surface area contributed by atoms with Crippen LogP contribution >= 0.6 is 0 Å². The number of hydrogen-bond donors (Lipinski definition) is 3. The van der Waals surface area contributed by atoms with E-state index < -0.39 is 23.8 Å². The molecule has 1 saturated heterocycles. The molecule has 1 aromatic carbocycles.